The SMILES string of the molecule is CN(C)C(C)(C)C(=O)Cc1cc(F)cc(Br)c1. The van der Waals surface area contributed by atoms with Crippen molar-refractivity contribution in [2.75, 3.05) is 14.1 Å². The second-order valence-corrected chi connectivity index (χ2v) is 5.75. The number of Topliss-reactive ketones (excluding diaryl/α,β-unsaturated/α-hetero) is 1. The molecule has 0 aliphatic heterocycles. The molecular weight excluding hydrogens is 285 g/mol. The van der Waals surface area contributed by atoms with Gasteiger partial charge in [-0.3, -0.25) is 9.69 Å². The predicted molar refractivity (Wildman–Crippen MR) is 70.6 cm³/mol. The minimum absolute atomic E-state index is 0.0694. The largest absolute Gasteiger partial charge is 0.298 e. The number of likely N-dealkylation sites (N-methyl/N-ethyl adjacent to an activating group) is 1. The van der Waals surface area contributed by atoms with E-state index < -0.39 is 5.54 Å². The topological polar surface area (TPSA) is 20.3 Å². The van der Waals surface area contributed by atoms with Crippen LogP contribution >= 0.6 is 15.9 Å². The van der Waals surface area contributed by atoms with Crippen LogP contribution in [0, 0.1) is 5.82 Å². The van der Waals surface area contributed by atoms with E-state index in [1.54, 1.807) is 6.07 Å². The lowest BCUT2D eigenvalue weighted by Crippen LogP contribution is -2.46. The number of ketones is 1. The Kier molecular flexibility index (Phi) is 4.44. The minimum Gasteiger partial charge on any atom is -0.298 e. The average molecular weight is 302 g/mol. The molecule has 17 heavy (non-hydrogen) atoms. The Balaban J connectivity index is 2.88. The number of benzene rings is 1. The summed E-state index contributed by atoms with van der Waals surface area (Å²) in [5, 5.41) is 0. The van der Waals surface area contributed by atoms with Crippen molar-refractivity contribution < 1.29 is 9.18 Å². The van der Waals surface area contributed by atoms with Gasteiger partial charge in [0.1, 0.15) is 5.82 Å². The van der Waals surface area contributed by atoms with E-state index in [9.17, 15) is 9.18 Å². The van der Waals surface area contributed by atoms with Crippen molar-refractivity contribution in [3.8, 4) is 0 Å². The maximum Gasteiger partial charge on any atom is 0.156 e. The van der Waals surface area contributed by atoms with E-state index in [1.807, 2.05) is 32.8 Å². The molecule has 94 valence electrons. The zero-order valence-electron chi connectivity index (χ0n) is 10.6. The standard InChI is InChI=1S/C13H17BrFNO/c1-13(2,16(3)4)12(17)7-9-5-10(14)8-11(15)6-9/h5-6,8H,7H2,1-4H3. The van der Waals surface area contributed by atoms with Crippen LogP contribution in [0.15, 0.2) is 22.7 Å². The number of carbonyl (C=O) groups is 1. The van der Waals surface area contributed by atoms with Gasteiger partial charge in [0.15, 0.2) is 5.78 Å². The molecule has 2 nitrogen and oxygen atoms in total. The van der Waals surface area contributed by atoms with E-state index in [2.05, 4.69) is 15.9 Å². The first-order valence-electron chi connectivity index (χ1n) is 5.39. The summed E-state index contributed by atoms with van der Waals surface area (Å²) in [7, 11) is 3.72. The maximum absolute atomic E-state index is 13.2. The fourth-order valence-corrected chi connectivity index (χ4v) is 1.88. The summed E-state index contributed by atoms with van der Waals surface area (Å²) in [6, 6.07) is 4.55. The molecule has 0 aromatic heterocycles. The third kappa shape index (κ3) is 3.61. The van der Waals surface area contributed by atoms with Crippen LogP contribution < -0.4 is 0 Å². The Hall–Kier alpha value is -0.740. The molecule has 1 aromatic rings. The van der Waals surface area contributed by atoms with Gasteiger partial charge in [0.2, 0.25) is 0 Å². The fraction of sp³-hybridized carbons (Fsp3) is 0.462. The van der Waals surface area contributed by atoms with Crippen molar-refractivity contribution in [1.29, 1.82) is 0 Å². The molecule has 0 radical (unpaired) electrons. The molecule has 0 aliphatic rings. The van der Waals surface area contributed by atoms with Crippen LogP contribution in [-0.2, 0) is 11.2 Å². The lowest BCUT2D eigenvalue weighted by atomic mass is 9.92. The van der Waals surface area contributed by atoms with E-state index in [4.69, 9.17) is 0 Å². The van der Waals surface area contributed by atoms with Gasteiger partial charge < -0.3 is 0 Å². The van der Waals surface area contributed by atoms with E-state index >= 15 is 0 Å². The van der Waals surface area contributed by atoms with Gasteiger partial charge in [0.25, 0.3) is 0 Å². The molecule has 0 bridgehead atoms. The van der Waals surface area contributed by atoms with Gasteiger partial charge in [0.05, 0.1) is 5.54 Å². The molecule has 0 amide bonds. The van der Waals surface area contributed by atoms with Crippen molar-refractivity contribution >= 4 is 21.7 Å². The van der Waals surface area contributed by atoms with Crippen LogP contribution in [0.1, 0.15) is 19.4 Å². The highest BCUT2D eigenvalue weighted by Gasteiger charge is 2.29. The lowest BCUT2D eigenvalue weighted by molar-refractivity contribution is -0.127. The first-order valence-corrected chi connectivity index (χ1v) is 6.18. The van der Waals surface area contributed by atoms with Crippen LogP contribution in [0.3, 0.4) is 0 Å². The van der Waals surface area contributed by atoms with Gasteiger partial charge in [-0.2, -0.15) is 0 Å². The van der Waals surface area contributed by atoms with E-state index in [-0.39, 0.29) is 18.0 Å². The summed E-state index contributed by atoms with van der Waals surface area (Å²) >= 11 is 3.22. The first kappa shape index (κ1) is 14.3. The summed E-state index contributed by atoms with van der Waals surface area (Å²) in [5.74, 6) is -0.259. The monoisotopic (exact) mass is 301 g/mol. The van der Waals surface area contributed by atoms with Crippen LogP contribution in [-0.4, -0.2) is 30.3 Å². The molecule has 0 aliphatic carbocycles. The number of nitrogens with zero attached hydrogens (tertiary/aromatic N) is 1. The second-order valence-electron chi connectivity index (χ2n) is 4.83. The van der Waals surface area contributed by atoms with Gasteiger partial charge >= 0.3 is 0 Å². The molecule has 0 atom stereocenters. The summed E-state index contributed by atoms with van der Waals surface area (Å²) in [4.78, 5) is 14.0. The molecule has 1 rings (SSSR count). The molecule has 0 N–H and O–H groups in total. The molecular formula is C13H17BrFNO. The Morgan fingerprint density at radius 2 is 1.94 bits per heavy atom. The third-order valence-electron chi connectivity index (χ3n) is 3.09. The second kappa shape index (κ2) is 5.27. The number of halogens is 2. The Labute approximate surface area is 110 Å². The van der Waals surface area contributed by atoms with Crippen molar-refractivity contribution in [2.45, 2.75) is 25.8 Å². The van der Waals surface area contributed by atoms with E-state index in [0.29, 0.717) is 10.0 Å². The molecule has 0 unspecified atom stereocenters. The van der Waals surface area contributed by atoms with Crippen LogP contribution in [0.25, 0.3) is 0 Å². The third-order valence-corrected chi connectivity index (χ3v) is 3.55. The summed E-state index contributed by atoms with van der Waals surface area (Å²) in [6.45, 7) is 3.73. The normalized spacial score (nSPS) is 11.9. The highest BCUT2D eigenvalue weighted by atomic mass is 79.9. The highest BCUT2D eigenvalue weighted by molar-refractivity contribution is 9.10. The van der Waals surface area contributed by atoms with Gasteiger partial charge in [0, 0.05) is 10.9 Å². The smallest absolute Gasteiger partial charge is 0.156 e. The first-order chi connectivity index (χ1) is 7.73. The van der Waals surface area contributed by atoms with Gasteiger partial charge in [-0.05, 0) is 51.7 Å². The highest BCUT2D eigenvalue weighted by Crippen LogP contribution is 2.19. The Morgan fingerprint density at radius 3 is 2.41 bits per heavy atom. The van der Waals surface area contributed by atoms with Crippen molar-refractivity contribution in [3.63, 3.8) is 0 Å². The van der Waals surface area contributed by atoms with Crippen LogP contribution in [0.4, 0.5) is 4.39 Å². The number of hydrogen-bond acceptors (Lipinski definition) is 2. The number of carbonyl (C=O) groups excluding carboxylic acids is 1. The minimum atomic E-state index is -0.543. The van der Waals surface area contributed by atoms with Crippen molar-refractivity contribution in [1.82, 2.24) is 4.90 Å². The molecule has 0 heterocycles. The molecule has 0 saturated heterocycles. The molecule has 0 spiro atoms. The molecule has 4 heteroatoms. The van der Waals surface area contributed by atoms with Crippen LogP contribution in [0.5, 0.6) is 0 Å². The van der Waals surface area contributed by atoms with Gasteiger partial charge in [-0.1, -0.05) is 15.9 Å². The molecule has 1 aromatic carbocycles. The fourth-order valence-electron chi connectivity index (χ4n) is 1.36. The quantitative estimate of drug-likeness (QED) is 0.852. The maximum atomic E-state index is 13.2. The average Bonchev–Trinajstić information content (AvgIpc) is 2.15. The Bertz CT molecular complexity index is 409. The molecule has 0 fully saturated rings. The van der Waals surface area contributed by atoms with E-state index in [0.717, 1.165) is 0 Å². The predicted octanol–water partition coefficient (Wildman–Crippen LogP) is 3.04. The van der Waals surface area contributed by atoms with Crippen molar-refractivity contribution in [3.05, 3.63) is 34.1 Å². The van der Waals surface area contributed by atoms with Gasteiger partial charge in [-0.25, -0.2) is 4.39 Å². The summed E-state index contributed by atoms with van der Waals surface area (Å²) in [5.41, 5.74) is 0.149. The zero-order valence-corrected chi connectivity index (χ0v) is 12.1. The van der Waals surface area contributed by atoms with Crippen molar-refractivity contribution in [2.24, 2.45) is 0 Å². The summed E-state index contributed by atoms with van der Waals surface area (Å²) < 4.78 is 13.8. The van der Waals surface area contributed by atoms with Gasteiger partial charge in [-0.15, -0.1) is 0 Å². The lowest BCUT2D eigenvalue weighted by Gasteiger charge is -2.30. The summed E-state index contributed by atoms with van der Waals surface area (Å²) in [6.07, 6.45) is 0.238. The van der Waals surface area contributed by atoms with Crippen LogP contribution in [0.2, 0.25) is 0 Å². The van der Waals surface area contributed by atoms with E-state index in [1.165, 1.54) is 12.1 Å². The number of hydrogen-bond donors (Lipinski definition) is 0. The zero-order chi connectivity index (χ0) is 13.2. The Morgan fingerprint density at radius 1 is 1.35 bits per heavy atom. The molecule has 0 saturated carbocycles. The number of rotatable bonds is 4.